The second kappa shape index (κ2) is 7.09. The maximum absolute atomic E-state index is 8.94. The summed E-state index contributed by atoms with van der Waals surface area (Å²) < 4.78 is 2.36. The van der Waals surface area contributed by atoms with Crippen molar-refractivity contribution in [1.29, 1.82) is 10.5 Å². The van der Waals surface area contributed by atoms with E-state index in [1.165, 1.54) is 41.0 Å². The fourth-order valence-electron chi connectivity index (χ4n) is 3.39. The molecule has 6 heteroatoms. The molecule has 1 aliphatic rings. The van der Waals surface area contributed by atoms with Crippen LogP contribution < -0.4 is 4.90 Å². The van der Waals surface area contributed by atoms with Crippen LogP contribution in [0.1, 0.15) is 4.88 Å². The number of allylic oxidation sites excluding steroid dienone is 1. The summed E-state index contributed by atoms with van der Waals surface area (Å²) in [4.78, 5) is 6.95. The van der Waals surface area contributed by atoms with Crippen LogP contribution in [0.15, 0.2) is 70.0 Å². The van der Waals surface area contributed by atoms with E-state index in [4.69, 9.17) is 10.5 Å². The maximum Gasteiger partial charge on any atom is 0.131 e. The van der Waals surface area contributed by atoms with Crippen molar-refractivity contribution in [2.24, 2.45) is 0 Å². The lowest BCUT2D eigenvalue weighted by molar-refractivity contribution is 1.11. The van der Waals surface area contributed by atoms with Gasteiger partial charge in [0.15, 0.2) is 0 Å². The van der Waals surface area contributed by atoms with E-state index in [-0.39, 0.29) is 5.57 Å². The highest BCUT2D eigenvalue weighted by Gasteiger charge is 2.21. The molecule has 0 spiro atoms. The Labute approximate surface area is 180 Å². The third-order valence-electron chi connectivity index (χ3n) is 4.81. The van der Waals surface area contributed by atoms with Crippen LogP contribution in [-0.2, 0) is 0 Å². The van der Waals surface area contributed by atoms with Crippen LogP contribution in [0.5, 0.6) is 0 Å². The molecule has 0 saturated carbocycles. The molecule has 0 unspecified atom stereocenters. The number of hydrogen-bond donors (Lipinski definition) is 0. The number of nitrogens with zero attached hydrogens (tertiary/aromatic N) is 3. The van der Waals surface area contributed by atoms with Crippen LogP contribution in [0.25, 0.3) is 25.9 Å². The average molecular weight is 428 g/mol. The summed E-state index contributed by atoms with van der Waals surface area (Å²) in [5.41, 5.74) is 3.81. The molecule has 0 amide bonds. The van der Waals surface area contributed by atoms with E-state index in [0.29, 0.717) is 0 Å². The summed E-state index contributed by atoms with van der Waals surface area (Å²) >= 11 is 5.17. The van der Waals surface area contributed by atoms with Gasteiger partial charge in [-0.25, -0.2) is 0 Å². The van der Waals surface area contributed by atoms with E-state index in [1.807, 2.05) is 23.9 Å². The number of para-hydroxylation sites is 1. The Balaban J connectivity index is 1.51. The van der Waals surface area contributed by atoms with Gasteiger partial charge in [-0.2, -0.15) is 10.5 Å². The number of nitriles is 2. The first kappa shape index (κ1) is 18.0. The van der Waals surface area contributed by atoms with Crippen LogP contribution in [-0.4, -0.2) is 7.05 Å². The van der Waals surface area contributed by atoms with Crippen LogP contribution >= 0.6 is 34.4 Å². The maximum atomic E-state index is 8.94. The van der Waals surface area contributed by atoms with E-state index in [9.17, 15) is 0 Å². The van der Waals surface area contributed by atoms with Gasteiger partial charge >= 0.3 is 0 Å². The second-order valence-electron chi connectivity index (χ2n) is 6.58. The number of hydrogen-bond acceptors (Lipinski definition) is 6. The van der Waals surface area contributed by atoms with Crippen LogP contribution in [0.3, 0.4) is 0 Å². The molecule has 5 rings (SSSR count). The zero-order chi connectivity index (χ0) is 20.0. The summed E-state index contributed by atoms with van der Waals surface area (Å²) in [6.45, 7) is 0. The Morgan fingerprint density at radius 2 is 1.66 bits per heavy atom. The smallest absolute Gasteiger partial charge is 0.131 e. The summed E-state index contributed by atoms with van der Waals surface area (Å²) in [7, 11) is 2.12. The molecule has 138 valence electrons. The summed E-state index contributed by atoms with van der Waals surface area (Å²) in [6.07, 6.45) is 1.65. The Hall–Kier alpha value is -3.03. The van der Waals surface area contributed by atoms with Crippen molar-refractivity contribution in [3.63, 3.8) is 0 Å². The van der Waals surface area contributed by atoms with Crippen molar-refractivity contribution in [1.82, 2.24) is 0 Å². The van der Waals surface area contributed by atoms with Crippen LogP contribution in [0.2, 0.25) is 0 Å². The predicted molar refractivity (Wildman–Crippen MR) is 123 cm³/mol. The Morgan fingerprint density at radius 1 is 0.897 bits per heavy atom. The molecule has 0 saturated heterocycles. The van der Waals surface area contributed by atoms with Crippen molar-refractivity contribution in [3.8, 4) is 22.6 Å². The van der Waals surface area contributed by atoms with Gasteiger partial charge in [-0.15, -0.1) is 22.7 Å². The van der Waals surface area contributed by atoms with E-state index in [2.05, 4.69) is 66.5 Å². The minimum absolute atomic E-state index is 0.134. The average Bonchev–Trinajstić information content (AvgIpc) is 3.30. The van der Waals surface area contributed by atoms with Gasteiger partial charge in [0, 0.05) is 36.0 Å². The molecule has 0 aliphatic carbocycles. The van der Waals surface area contributed by atoms with Gasteiger partial charge in [0.2, 0.25) is 0 Å². The highest BCUT2D eigenvalue weighted by atomic mass is 32.2. The number of rotatable bonds is 2. The molecule has 2 aromatic carbocycles. The van der Waals surface area contributed by atoms with Gasteiger partial charge in [0.05, 0.1) is 11.4 Å². The number of thiophene rings is 2. The second-order valence-corrected chi connectivity index (χ2v) is 9.86. The zero-order valence-electron chi connectivity index (χ0n) is 15.3. The normalized spacial score (nSPS) is 12.0. The lowest BCUT2D eigenvalue weighted by Crippen LogP contribution is -2.14. The summed E-state index contributed by atoms with van der Waals surface area (Å²) in [5.74, 6) is 0. The third-order valence-corrected chi connectivity index (χ3v) is 8.21. The molecule has 2 aromatic heterocycles. The minimum atomic E-state index is 0.134. The highest BCUT2D eigenvalue weighted by Crippen LogP contribution is 2.49. The van der Waals surface area contributed by atoms with E-state index < -0.39 is 0 Å². The molecule has 0 fully saturated rings. The van der Waals surface area contributed by atoms with E-state index in [0.717, 1.165) is 4.88 Å². The Morgan fingerprint density at radius 3 is 2.45 bits per heavy atom. The summed E-state index contributed by atoms with van der Waals surface area (Å²) in [5, 5.41) is 17.9. The molecule has 3 heterocycles. The van der Waals surface area contributed by atoms with Crippen molar-refractivity contribution >= 4 is 61.3 Å². The van der Waals surface area contributed by atoms with Crippen LogP contribution in [0, 0.1) is 22.7 Å². The first-order chi connectivity index (χ1) is 14.2. The molecule has 0 radical (unpaired) electrons. The molecule has 3 nitrogen and oxygen atoms in total. The van der Waals surface area contributed by atoms with Crippen molar-refractivity contribution in [2.45, 2.75) is 9.79 Å². The van der Waals surface area contributed by atoms with Gasteiger partial charge in [-0.3, -0.25) is 0 Å². The van der Waals surface area contributed by atoms with E-state index >= 15 is 0 Å². The van der Waals surface area contributed by atoms with Crippen molar-refractivity contribution in [3.05, 3.63) is 65.0 Å². The van der Waals surface area contributed by atoms with Crippen molar-refractivity contribution < 1.29 is 0 Å². The third kappa shape index (κ3) is 3.12. The molecule has 0 bridgehead atoms. The molecule has 4 aromatic rings. The standard InChI is InChI=1S/C23H13N3S3/c1-26-17-4-2-3-5-19(17)28-21-9-15(6-7-18(21)26)20-11-23-22(29-20)10-16(27-23)8-14(12-24)13-25/h2-11H,1H3. The molecule has 29 heavy (non-hydrogen) atoms. The topological polar surface area (TPSA) is 50.8 Å². The number of benzene rings is 2. The number of fused-ring (bicyclic) bond motifs is 3. The number of anilines is 2. The highest BCUT2D eigenvalue weighted by molar-refractivity contribution is 7.99. The fraction of sp³-hybridized carbons (Fsp3) is 0.0435. The quantitative estimate of drug-likeness (QED) is 0.315. The van der Waals surface area contributed by atoms with Gasteiger partial charge in [-0.1, -0.05) is 30.0 Å². The first-order valence-electron chi connectivity index (χ1n) is 8.86. The lowest BCUT2D eigenvalue weighted by Gasteiger charge is -2.29. The predicted octanol–water partition coefficient (Wildman–Crippen LogP) is 7.29. The Bertz CT molecular complexity index is 1330. The van der Waals surface area contributed by atoms with Crippen molar-refractivity contribution in [2.75, 3.05) is 11.9 Å². The lowest BCUT2D eigenvalue weighted by atomic mass is 10.1. The monoisotopic (exact) mass is 427 g/mol. The molecule has 0 N–H and O–H groups in total. The Kier molecular flexibility index (Phi) is 4.41. The largest absolute Gasteiger partial charge is 0.343 e. The molecule has 0 atom stereocenters. The molecule has 1 aliphatic heterocycles. The molecular weight excluding hydrogens is 414 g/mol. The summed E-state index contributed by atoms with van der Waals surface area (Å²) in [6, 6.07) is 23.2. The van der Waals surface area contributed by atoms with Gasteiger partial charge in [0.1, 0.15) is 17.7 Å². The minimum Gasteiger partial charge on any atom is -0.343 e. The SMILES string of the molecule is CN1c2ccccc2Sc2cc(-c3cc4sc(C=C(C#N)C#N)cc4s3)ccc21. The van der Waals surface area contributed by atoms with Gasteiger partial charge in [-0.05, 0) is 48.0 Å². The zero-order valence-corrected chi connectivity index (χ0v) is 17.8. The van der Waals surface area contributed by atoms with Crippen LogP contribution in [0.4, 0.5) is 11.4 Å². The fourth-order valence-corrected chi connectivity index (χ4v) is 6.93. The first-order valence-corrected chi connectivity index (χ1v) is 11.3. The van der Waals surface area contributed by atoms with Gasteiger partial charge in [0.25, 0.3) is 0 Å². The van der Waals surface area contributed by atoms with Gasteiger partial charge < -0.3 is 4.90 Å². The molecular formula is C23H13N3S3. The van der Waals surface area contributed by atoms with E-state index in [1.54, 1.807) is 28.7 Å².